The fraction of sp³-hybridized carbons (Fsp3) is 0.300. The average Bonchev–Trinajstić information content (AvgIpc) is 2.89. The number of carbonyl (C=O) groups excluding carboxylic acids is 1. The molecule has 0 spiro atoms. The van der Waals surface area contributed by atoms with Gasteiger partial charge in [0.1, 0.15) is 5.94 Å². The van der Waals surface area contributed by atoms with Crippen LogP contribution in [0.3, 0.4) is 0 Å². The van der Waals surface area contributed by atoms with Crippen molar-refractivity contribution in [3.05, 3.63) is 30.1 Å². The zero-order valence-corrected chi connectivity index (χ0v) is 6.73. The van der Waals surface area contributed by atoms with E-state index in [-0.39, 0.29) is 0 Å². The highest BCUT2D eigenvalue weighted by Crippen LogP contribution is 2.29. The van der Waals surface area contributed by atoms with Gasteiger partial charge in [0, 0.05) is 25.0 Å². The van der Waals surface area contributed by atoms with Crippen LogP contribution in [-0.4, -0.2) is 5.94 Å². The number of pyridine rings is 1. The topological polar surface area (TPSA) is 20.9 Å². The Labute approximate surface area is 71.2 Å². The van der Waals surface area contributed by atoms with E-state index in [1.807, 2.05) is 30.3 Å². The molecule has 0 unspecified atom stereocenters. The predicted octanol–water partition coefficient (Wildman–Crippen LogP) is 1.15. The average molecular weight is 160 g/mol. The van der Waals surface area contributed by atoms with Crippen LogP contribution in [0, 0.1) is 0 Å². The lowest BCUT2D eigenvalue weighted by Gasteiger charge is -1.94. The molecule has 60 valence electrons. The predicted molar refractivity (Wildman–Crippen MR) is 45.1 cm³/mol. The Morgan fingerprint density at radius 3 is 3.00 bits per heavy atom. The second kappa shape index (κ2) is 2.92. The molecule has 1 fully saturated rings. The molecule has 0 aromatic carbocycles. The molecule has 0 atom stereocenters. The van der Waals surface area contributed by atoms with E-state index < -0.39 is 0 Å². The molecule has 0 radical (unpaired) electrons. The lowest BCUT2D eigenvalue weighted by Crippen LogP contribution is -2.34. The van der Waals surface area contributed by atoms with Gasteiger partial charge in [0.25, 0.3) is 0 Å². The first kappa shape index (κ1) is 7.26. The minimum absolute atomic E-state index is 0.616. The van der Waals surface area contributed by atoms with Crippen LogP contribution in [0.2, 0.25) is 0 Å². The SMILES string of the molecule is O=C=Cc1cccc[n+]1C1CC1. The highest BCUT2D eigenvalue weighted by molar-refractivity contribution is 5.71. The summed E-state index contributed by atoms with van der Waals surface area (Å²) in [6.07, 6.45) is 5.96. The summed E-state index contributed by atoms with van der Waals surface area (Å²) in [5.41, 5.74) is 0.954. The molecule has 1 heterocycles. The molecule has 2 heteroatoms. The Morgan fingerprint density at radius 1 is 1.50 bits per heavy atom. The first-order chi connectivity index (χ1) is 5.92. The van der Waals surface area contributed by atoms with Crippen LogP contribution in [0.25, 0.3) is 6.08 Å². The van der Waals surface area contributed by atoms with E-state index in [0.717, 1.165) is 5.69 Å². The zero-order chi connectivity index (χ0) is 8.39. The van der Waals surface area contributed by atoms with Crippen molar-refractivity contribution in [3.8, 4) is 0 Å². The third kappa shape index (κ3) is 1.29. The summed E-state index contributed by atoms with van der Waals surface area (Å²) in [6, 6.07) is 6.47. The Kier molecular flexibility index (Phi) is 1.77. The van der Waals surface area contributed by atoms with Crippen molar-refractivity contribution < 1.29 is 9.36 Å². The Morgan fingerprint density at radius 2 is 2.33 bits per heavy atom. The number of hydrogen-bond acceptors (Lipinski definition) is 1. The minimum Gasteiger partial charge on any atom is -0.233 e. The number of hydrogen-bond donors (Lipinski definition) is 0. The summed E-state index contributed by atoms with van der Waals surface area (Å²) < 4.78 is 2.13. The lowest BCUT2D eigenvalue weighted by atomic mass is 10.3. The standard InChI is InChI=1S/C10H10NO/c12-8-6-9-3-1-2-7-11(9)10-4-5-10/h1-3,6-7,10H,4-5H2/q+1. The molecular formula is C10H10NO+. The van der Waals surface area contributed by atoms with E-state index in [1.54, 1.807) is 0 Å². The Hall–Kier alpha value is -1.40. The Bertz CT molecular complexity index is 335. The second-order valence-corrected chi connectivity index (χ2v) is 3.03. The zero-order valence-electron chi connectivity index (χ0n) is 6.73. The smallest absolute Gasteiger partial charge is 0.216 e. The van der Waals surface area contributed by atoms with E-state index in [1.165, 1.54) is 18.9 Å². The molecule has 2 nitrogen and oxygen atoms in total. The fourth-order valence-electron chi connectivity index (χ4n) is 1.34. The van der Waals surface area contributed by atoms with Crippen molar-refractivity contribution in [1.82, 2.24) is 0 Å². The largest absolute Gasteiger partial charge is 0.233 e. The van der Waals surface area contributed by atoms with Gasteiger partial charge in [-0.05, 0) is 6.07 Å². The van der Waals surface area contributed by atoms with E-state index in [2.05, 4.69) is 4.57 Å². The number of aromatic nitrogens is 1. The van der Waals surface area contributed by atoms with E-state index >= 15 is 0 Å². The quantitative estimate of drug-likeness (QED) is 0.469. The molecule has 0 amide bonds. The summed E-state index contributed by atoms with van der Waals surface area (Å²) in [5.74, 6) is 1.81. The molecule has 1 aliphatic carbocycles. The van der Waals surface area contributed by atoms with Gasteiger partial charge in [-0.2, -0.15) is 4.57 Å². The summed E-state index contributed by atoms with van der Waals surface area (Å²) in [5, 5.41) is 0. The van der Waals surface area contributed by atoms with Crippen LogP contribution in [0.1, 0.15) is 24.6 Å². The van der Waals surface area contributed by atoms with Gasteiger partial charge in [0.2, 0.25) is 5.69 Å². The maximum atomic E-state index is 10.2. The first-order valence-corrected chi connectivity index (χ1v) is 4.13. The lowest BCUT2D eigenvalue weighted by molar-refractivity contribution is -0.702. The van der Waals surface area contributed by atoms with Crippen molar-refractivity contribution in [2.24, 2.45) is 0 Å². The van der Waals surface area contributed by atoms with Crippen LogP contribution >= 0.6 is 0 Å². The van der Waals surface area contributed by atoms with Gasteiger partial charge in [-0.1, -0.05) is 0 Å². The van der Waals surface area contributed by atoms with Gasteiger partial charge in [-0.3, -0.25) is 0 Å². The third-order valence-corrected chi connectivity index (χ3v) is 2.07. The van der Waals surface area contributed by atoms with Crippen molar-refractivity contribution in [3.63, 3.8) is 0 Å². The monoisotopic (exact) mass is 160 g/mol. The number of nitrogens with zero attached hydrogens (tertiary/aromatic N) is 1. The molecule has 12 heavy (non-hydrogen) atoms. The molecular weight excluding hydrogens is 150 g/mol. The maximum absolute atomic E-state index is 10.2. The number of rotatable bonds is 2. The second-order valence-electron chi connectivity index (χ2n) is 3.03. The van der Waals surface area contributed by atoms with E-state index in [9.17, 15) is 4.79 Å². The molecule has 0 saturated heterocycles. The fourth-order valence-corrected chi connectivity index (χ4v) is 1.34. The molecule has 1 aromatic rings. The van der Waals surface area contributed by atoms with Crippen LogP contribution in [0.5, 0.6) is 0 Å². The minimum atomic E-state index is 0.616. The maximum Gasteiger partial charge on any atom is 0.216 e. The molecule has 2 rings (SSSR count). The summed E-state index contributed by atoms with van der Waals surface area (Å²) in [6.45, 7) is 0. The van der Waals surface area contributed by atoms with Gasteiger partial charge in [0.15, 0.2) is 12.2 Å². The van der Waals surface area contributed by atoms with Crippen LogP contribution in [0.4, 0.5) is 0 Å². The van der Waals surface area contributed by atoms with Gasteiger partial charge < -0.3 is 0 Å². The van der Waals surface area contributed by atoms with E-state index in [4.69, 9.17) is 0 Å². The summed E-state index contributed by atoms with van der Waals surface area (Å²) >= 11 is 0. The van der Waals surface area contributed by atoms with Crippen LogP contribution in [0.15, 0.2) is 24.4 Å². The Balaban J connectivity index is 2.42. The molecule has 1 aromatic heterocycles. The summed E-state index contributed by atoms with van der Waals surface area (Å²) in [4.78, 5) is 10.2. The van der Waals surface area contributed by atoms with Crippen LogP contribution < -0.4 is 4.57 Å². The first-order valence-electron chi connectivity index (χ1n) is 4.13. The van der Waals surface area contributed by atoms with Crippen molar-refractivity contribution in [2.45, 2.75) is 18.9 Å². The van der Waals surface area contributed by atoms with Gasteiger partial charge in [-0.25, -0.2) is 4.79 Å². The van der Waals surface area contributed by atoms with Gasteiger partial charge in [0.05, 0.1) is 6.08 Å². The van der Waals surface area contributed by atoms with Crippen molar-refractivity contribution in [2.75, 3.05) is 0 Å². The van der Waals surface area contributed by atoms with Crippen LogP contribution in [-0.2, 0) is 4.79 Å². The molecule has 1 saturated carbocycles. The molecule has 0 aliphatic heterocycles. The van der Waals surface area contributed by atoms with Gasteiger partial charge in [-0.15, -0.1) is 0 Å². The van der Waals surface area contributed by atoms with E-state index in [0.29, 0.717) is 6.04 Å². The van der Waals surface area contributed by atoms with Crippen molar-refractivity contribution >= 4 is 12.0 Å². The highest BCUT2D eigenvalue weighted by Gasteiger charge is 2.32. The molecule has 0 bridgehead atoms. The van der Waals surface area contributed by atoms with Gasteiger partial charge >= 0.3 is 0 Å². The highest BCUT2D eigenvalue weighted by atomic mass is 16.1. The third-order valence-electron chi connectivity index (χ3n) is 2.07. The molecule has 0 N–H and O–H groups in total. The molecule has 1 aliphatic rings. The summed E-state index contributed by atoms with van der Waals surface area (Å²) in [7, 11) is 0. The van der Waals surface area contributed by atoms with Crippen molar-refractivity contribution in [1.29, 1.82) is 0 Å². The normalized spacial score (nSPS) is 15.3.